The summed E-state index contributed by atoms with van der Waals surface area (Å²) in [4.78, 5) is 17.3. The molecule has 35 heavy (non-hydrogen) atoms. The summed E-state index contributed by atoms with van der Waals surface area (Å²) < 4.78 is 13.2. The first kappa shape index (κ1) is 23.8. The van der Waals surface area contributed by atoms with Crippen molar-refractivity contribution in [2.45, 2.75) is 26.3 Å². The smallest absolute Gasteiger partial charge is 0.246 e. The summed E-state index contributed by atoms with van der Waals surface area (Å²) in [6, 6.07) is 14.5. The molecule has 0 bridgehead atoms. The number of benzene rings is 2. The average Bonchev–Trinajstić information content (AvgIpc) is 3.46. The maximum atomic E-state index is 13.0. The van der Waals surface area contributed by atoms with Crippen molar-refractivity contribution in [1.82, 2.24) is 14.4 Å². The number of para-hydroxylation sites is 1. The number of hydrogen-bond donors (Lipinski definition) is 0. The van der Waals surface area contributed by atoms with Crippen molar-refractivity contribution in [2.24, 2.45) is 0 Å². The van der Waals surface area contributed by atoms with Gasteiger partial charge in [0.25, 0.3) is 0 Å². The number of nitrogens with zero attached hydrogens (tertiary/aromatic N) is 3. The van der Waals surface area contributed by atoms with Crippen LogP contribution in [-0.2, 0) is 17.8 Å². The van der Waals surface area contributed by atoms with Crippen molar-refractivity contribution in [3.8, 4) is 11.5 Å². The zero-order valence-corrected chi connectivity index (χ0v) is 21.0. The number of hydrogen-bond acceptors (Lipinski definition) is 4. The summed E-state index contributed by atoms with van der Waals surface area (Å²) in [6.45, 7) is 7.56. The number of rotatable bonds is 8. The largest absolute Gasteiger partial charge is 0.454 e. The highest BCUT2D eigenvalue weighted by atomic mass is 35.5. The maximum absolute atomic E-state index is 13.0. The molecule has 0 saturated carbocycles. The van der Waals surface area contributed by atoms with Crippen molar-refractivity contribution in [1.29, 1.82) is 0 Å². The van der Waals surface area contributed by atoms with E-state index in [9.17, 15) is 4.79 Å². The van der Waals surface area contributed by atoms with E-state index in [0.29, 0.717) is 12.7 Å². The topological polar surface area (TPSA) is 46.9 Å². The van der Waals surface area contributed by atoms with Crippen LogP contribution < -0.4 is 9.47 Å². The van der Waals surface area contributed by atoms with E-state index < -0.39 is 0 Å². The van der Waals surface area contributed by atoms with Crippen LogP contribution in [0, 0.1) is 6.92 Å². The average molecular weight is 494 g/mol. The number of amides is 1. The van der Waals surface area contributed by atoms with E-state index >= 15 is 0 Å². The van der Waals surface area contributed by atoms with Gasteiger partial charge in [-0.3, -0.25) is 9.69 Å². The fourth-order valence-corrected chi connectivity index (χ4v) is 5.13. The van der Waals surface area contributed by atoms with Gasteiger partial charge in [-0.1, -0.05) is 24.3 Å². The van der Waals surface area contributed by atoms with Gasteiger partial charge in [0.2, 0.25) is 12.7 Å². The second-order valence-electron chi connectivity index (χ2n) is 9.15. The van der Waals surface area contributed by atoms with Crippen LogP contribution in [0.15, 0.2) is 48.5 Å². The molecule has 2 aromatic carbocycles. The molecule has 1 saturated heterocycles. The molecule has 0 unspecified atom stereocenters. The lowest BCUT2D eigenvalue weighted by Crippen LogP contribution is -2.48. The van der Waals surface area contributed by atoms with Crippen molar-refractivity contribution in [2.75, 3.05) is 45.4 Å². The van der Waals surface area contributed by atoms with Gasteiger partial charge in [0.15, 0.2) is 11.5 Å². The molecular formula is C28H32ClN3O3. The highest BCUT2D eigenvalue weighted by Gasteiger charge is 2.20. The molecule has 1 fully saturated rings. The van der Waals surface area contributed by atoms with Gasteiger partial charge in [-0.15, -0.1) is 11.6 Å². The second kappa shape index (κ2) is 10.8. The van der Waals surface area contributed by atoms with Crippen LogP contribution in [0.1, 0.15) is 23.2 Å². The summed E-state index contributed by atoms with van der Waals surface area (Å²) in [5.74, 6) is 2.38. The molecule has 1 aromatic heterocycles. The molecule has 7 heteroatoms. The number of fused-ring (bicyclic) bond motifs is 2. The minimum absolute atomic E-state index is 0.0809. The molecule has 6 nitrogen and oxygen atoms in total. The standard InChI is InChI=1S/C28H32ClN3O3/c1-21-23(24-5-2-3-6-25(24)32(21)13-4-12-29)8-10-28(33)31-17-15-30(16-18-31)14-11-22-7-9-26-27(19-22)35-20-34-26/h2-3,5-10,19H,4,11-18,20H2,1H3/b10-8+. The Balaban J connectivity index is 1.17. The predicted octanol–water partition coefficient (Wildman–Crippen LogP) is 4.71. The van der Waals surface area contributed by atoms with Crippen LogP contribution in [0.3, 0.4) is 0 Å². The molecular weight excluding hydrogens is 462 g/mol. The summed E-state index contributed by atoms with van der Waals surface area (Å²) in [7, 11) is 0. The molecule has 0 aliphatic carbocycles. The molecule has 0 N–H and O–H groups in total. The van der Waals surface area contributed by atoms with Crippen LogP contribution >= 0.6 is 11.6 Å². The fraction of sp³-hybridized carbons (Fsp3) is 0.393. The van der Waals surface area contributed by atoms with Gasteiger partial charge < -0.3 is 18.9 Å². The van der Waals surface area contributed by atoms with E-state index in [2.05, 4.69) is 52.8 Å². The van der Waals surface area contributed by atoms with Crippen LogP contribution in [0.4, 0.5) is 0 Å². The molecule has 0 radical (unpaired) electrons. The summed E-state index contributed by atoms with van der Waals surface area (Å²) in [5.41, 5.74) is 4.73. The highest BCUT2D eigenvalue weighted by molar-refractivity contribution is 6.17. The summed E-state index contributed by atoms with van der Waals surface area (Å²) >= 11 is 5.94. The molecule has 2 aliphatic heterocycles. The number of ether oxygens (including phenoxy) is 2. The van der Waals surface area contributed by atoms with E-state index in [1.807, 2.05) is 17.0 Å². The number of carbonyl (C=O) groups is 1. The van der Waals surface area contributed by atoms with Crippen molar-refractivity contribution < 1.29 is 14.3 Å². The Morgan fingerprint density at radius 2 is 1.83 bits per heavy atom. The Morgan fingerprint density at radius 1 is 1.03 bits per heavy atom. The normalized spacial score (nSPS) is 16.0. The van der Waals surface area contributed by atoms with Crippen LogP contribution in [0.25, 0.3) is 17.0 Å². The molecule has 184 valence electrons. The SMILES string of the molecule is Cc1c(/C=C/C(=O)N2CCN(CCc3ccc4c(c3)OCO4)CC2)c2ccccc2n1CCCCl. The molecule has 0 atom stereocenters. The third kappa shape index (κ3) is 5.19. The van der Waals surface area contributed by atoms with Gasteiger partial charge in [-0.05, 0) is 49.6 Å². The number of piperazine rings is 1. The van der Waals surface area contributed by atoms with Gasteiger partial charge in [0.1, 0.15) is 0 Å². The lowest BCUT2D eigenvalue weighted by molar-refractivity contribution is -0.127. The number of aryl methyl sites for hydroxylation is 1. The van der Waals surface area contributed by atoms with Crippen molar-refractivity contribution in [3.63, 3.8) is 0 Å². The van der Waals surface area contributed by atoms with Gasteiger partial charge in [0.05, 0.1) is 0 Å². The van der Waals surface area contributed by atoms with Crippen LogP contribution in [0.2, 0.25) is 0 Å². The molecule has 2 aliphatic rings. The van der Waals surface area contributed by atoms with E-state index in [4.69, 9.17) is 21.1 Å². The van der Waals surface area contributed by atoms with Crippen molar-refractivity contribution in [3.05, 3.63) is 65.4 Å². The second-order valence-corrected chi connectivity index (χ2v) is 9.53. The third-order valence-electron chi connectivity index (χ3n) is 7.03. The Kier molecular flexibility index (Phi) is 7.30. The quantitative estimate of drug-likeness (QED) is 0.337. The zero-order chi connectivity index (χ0) is 24.2. The Labute approximate surface area is 211 Å². The summed E-state index contributed by atoms with van der Waals surface area (Å²) in [5, 5.41) is 1.18. The molecule has 3 aromatic rings. The Bertz CT molecular complexity index is 1230. The van der Waals surface area contributed by atoms with Gasteiger partial charge in [-0.25, -0.2) is 0 Å². The number of alkyl halides is 1. The Hall–Kier alpha value is -2.96. The van der Waals surface area contributed by atoms with E-state index in [0.717, 1.165) is 69.2 Å². The van der Waals surface area contributed by atoms with E-state index in [-0.39, 0.29) is 5.91 Å². The molecule has 3 heterocycles. The molecule has 5 rings (SSSR count). The number of halogens is 1. The van der Waals surface area contributed by atoms with Crippen molar-refractivity contribution >= 4 is 34.5 Å². The van der Waals surface area contributed by atoms with Crippen LogP contribution in [-0.4, -0.2) is 65.7 Å². The first-order chi connectivity index (χ1) is 17.1. The van der Waals surface area contributed by atoms with E-state index in [1.54, 1.807) is 6.08 Å². The lowest BCUT2D eigenvalue weighted by atomic mass is 10.1. The fourth-order valence-electron chi connectivity index (χ4n) is 5.01. The Morgan fingerprint density at radius 3 is 2.66 bits per heavy atom. The minimum atomic E-state index is 0.0809. The highest BCUT2D eigenvalue weighted by Crippen LogP contribution is 2.32. The monoisotopic (exact) mass is 493 g/mol. The van der Waals surface area contributed by atoms with Crippen LogP contribution in [0.5, 0.6) is 11.5 Å². The van der Waals surface area contributed by atoms with Gasteiger partial charge in [0, 0.05) is 73.4 Å². The zero-order valence-electron chi connectivity index (χ0n) is 20.2. The van der Waals surface area contributed by atoms with Gasteiger partial charge in [-0.2, -0.15) is 0 Å². The predicted molar refractivity (Wildman–Crippen MR) is 140 cm³/mol. The third-order valence-corrected chi connectivity index (χ3v) is 7.29. The minimum Gasteiger partial charge on any atom is -0.454 e. The lowest BCUT2D eigenvalue weighted by Gasteiger charge is -2.34. The first-order valence-corrected chi connectivity index (χ1v) is 12.9. The first-order valence-electron chi connectivity index (χ1n) is 12.4. The number of carbonyl (C=O) groups excluding carboxylic acids is 1. The number of aromatic nitrogens is 1. The molecule has 1 amide bonds. The van der Waals surface area contributed by atoms with E-state index in [1.165, 1.54) is 22.2 Å². The maximum Gasteiger partial charge on any atom is 0.246 e. The van der Waals surface area contributed by atoms with Gasteiger partial charge >= 0.3 is 0 Å². The summed E-state index contributed by atoms with van der Waals surface area (Å²) in [6.07, 6.45) is 5.60. The molecule has 0 spiro atoms.